The lowest BCUT2D eigenvalue weighted by Gasteiger charge is -2.35. The van der Waals surface area contributed by atoms with Crippen molar-refractivity contribution in [1.29, 1.82) is 0 Å². The van der Waals surface area contributed by atoms with Crippen LogP contribution in [0.5, 0.6) is 0 Å². The number of carbonyl (C=O) groups is 1. The maximum Gasteiger partial charge on any atom is 0.257 e. The molecule has 2 aromatic rings. The molecule has 28 heavy (non-hydrogen) atoms. The van der Waals surface area contributed by atoms with Gasteiger partial charge < -0.3 is 9.84 Å². The number of hydrogen-bond donors (Lipinski definition) is 1. The first-order valence-corrected chi connectivity index (χ1v) is 10.4. The fourth-order valence-corrected chi connectivity index (χ4v) is 4.27. The van der Waals surface area contributed by atoms with Crippen LogP contribution in [0.2, 0.25) is 0 Å². The zero-order chi connectivity index (χ0) is 20.3. The first-order chi connectivity index (χ1) is 13.3. The molecule has 152 valence electrons. The van der Waals surface area contributed by atoms with Crippen LogP contribution >= 0.6 is 0 Å². The van der Waals surface area contributed by atoms with Gasteiger partial charge in [0.15, 0.2) is 5.76 Å². The number of aromatic nitrogens is 1. The molecule has 1 aliphatic rings. The van der Waals surface area contributed by atoms with Gasteiger partial charge in [0.05, 0.1) is 5.69 Å². The van der Waals surface area contributed by atoms with Gasteiger partial charge >= 0.3 is 0 Å². The van der Waals surface area contributed by atoms with Crippen molar-refractivity contribution in [3.05, 3.63) is 52.4 Å². The first kappa shape index (κ1) is 20.6. The lowest BCUT2D eigenvalue weighted by molar-refractivity contribution is 0.0948. The van der Waals surface area contributed by atoms with Crippen molar-refractivity contribution in [2.24, 2.45) is 11.8 Å². The summed E-state index contributed by atoms with van der Waals surface area (Å²) < 4.78 is 5.32. The molecule has 0 radical (unpaired) electrons. The molecule has 5 heteroatoms. The molecule has 1 fully saturated rings. The lowest BCUT2D eigenvalue weighted by Crippen LogP contribution is -2.38. The Morgan fingerprint density at radius 3 is 2.39 bits per heavy atom. The third kappa shape index (κ3) is 5.02. The molecule has 5 nitrogen and oxygen atoms in total. The van der Waals surface area contributed by atoms with E-state index in [1.54, 1.807) is 6.92 Å². The second kappa shape index (κ2) is 8.91. The maximum absolute atomic E-state index is 12.6. The Labute approximate surface area is 168 Å². The van der Waals surface area contributed by atoms with Gasteiger partial charge in [-0.1, -0.05) is 57.1 Å². The molecule has 0 saturated carbocycles. The number of likely N-dealkylation sites (tertiary alicyclic amines) is 1. The van der Waals surface area contributed by atoms with E-state index in [-0.39, 0.29) is 11.8 Å². The Kier molecular flexibility index (Phi) is 6.55. The fraction of sp³-hybridized carbons (Fsp3) is 0.565. The minimum atomic E-state index is -0.122. The van der Waals surface area contributed by atoms with Crippen molar-refractivity contribution in [2.75, 3.05) is 13.1 Å². The van der Waals surface area contributed by atoms with Crippen LogP contribution in [0.1, 0.15) is 73.0 Å². The minimum absolute atomic E-state index is 0.122. The molecule has 3 rings (SSSR count). The topological polar surface area (TPSA) is 58.4 Å². The zero-order valence-corrected chi connectivity index (χ0v) is 17.8. The normalized spacial score (nSPS) is 20.5. The maximum atomic E-state index is 12.6. The van der Waals surface area contributed by atoms with Crippen LogP contribution in [-0.2, 0) is 13.1 Å². The highest BCUT2D eigenvalue weighted by Gasteiger charge is 2.23. The molecule has 0 unspecified atom stereocenters. The molecule has 1 aromatic carbocycles. The molecule has 2 atom stereocenters. The average Bonchev–Trinajstić information content (AvgIpc) is 3.02. The smallest absolute Gasteiger partial charge is 0.257 e. The van der Waals surface area contributed by atoms with Gasteiger partial charge in [-0.05, 0) is 36.3 Å². The summed E-state index contributed by atoms with van der Waals surface area (Å²) in [5, 5.41) is 6.95. The number of nitrogens with one attached hydrogen (secondary N) is 1. The summed E-state index contributed by atoms with van der Waals surface area (Å²) in [7, 11) is 0. The van der Waals surface area contributed by atoms with Crippen LogP contribution in [0.15, 0.2) is 28.8 Å². The van der Waals surface area contributed by atoms with Gasteiger partial charge in [0, 0.05) is 32.1 Å². The molecular formula is C23H33N3O2. The molecule has 1 N–H and O–H groups in total. The van der Waals surface area contributed by atoms with Crippen molar-refractivity contribution >= 4 is 5.91 Å². The van der Waals surface area contributed by atoms with Gasteiger partial charge in [-0.15, -0.1) is 0 Å². The second-order valence-corrected chi connectivity index (χ2v) is 8.80. The van der Waals surface area contributed by atoms with Crippen molar-refractivity contribution in [1.82, 2.24) is 15.4 Å². The molecular weight excluding hydrogens is 350 g/mol. The Balaban J connectivity index is 1.56. The lowest BCUT2D eigenvalue weighted by atomic mass is 9.91. The predicted molar refractivity (Wildman–Crippen MR) is 111 cm³/mol. The van der Waals surface area contributed by atoms with Crippen molar-refractivity contribution in [3.8, 4) is 0 Å². The van der Waals surface area contributed by atoms with E-state index in [0.29, 0.717) is 23.6 Å². The SMILES string of the molecule is Cc1noc(C(C)C)c1C(=O)NCc1ccc(CN2C[C@H](C)C[C@@H](C)C2)cc1. The van der Waals surface area contributed by atoms with Crippen LogP contribution in [0.25, 0.3) is 0 Å². The molecule has 1 aromatic heterocycles. The van der Waals surface area contributed by atoms with Gasteiger partial charge in [0.25, 0.3) is 5.91 Å². The number of hydrogen-bond acceptors (Lipinski definition) is 4. The summed E-state index contributed by atoms with van der Waals surface area (Å²) in [5.41, 5.74) is 3.63. The van der Waals surface area contributed by atoms with E-state index in [0.717, 1.165) is 23.9 Å². The van der Waals surface area contributed by atoms with E-state index in [4.69, 9.17) is 4.52 Å². The standard InChI is InChI=1S/C23H33N3O2/c1-15(2)22-21(18(5)25-28-22)23(27)24-11-19-6-8-20(9-7-19)14-26-12-16(3)10-17(4)13-26/h6-9,15-17H,10-14H2,1-5H3,(H,24,27)/t16-,17-/m1/s1. The van der Waals surface area contributed by atoms with Crippen molar-refractivity contribution < 1.29 is 9.32 Å². The highest BCUT2D eigenvalue weighted by molar-refractivity contribution is 5.96. The number of carbonyl (C=O) groups excluding carboxylic acids is 1. The number of benzene rings is 1. The average molecular weight is 384 g/mol. The van der Waals surface area contributed by atoms with E-state index in [1.165, 1.54) is 25.1 Å². The number of nitrogens with zero attached hydrogens (tertiary/aromatic N) is 2. The zero-order valence-electron chi connectivity index (χ0n) is 17.8. The molecule has 0 aliphatic carbocycles. The number of aryl methyl sites for hydroxylation is 1. The highest BCUT2D eigenvalue weighted by Crippen LogP contribution is 2.23. The third-order valence-corrected chi connectivity index (χ3v) is 5.47. The molecule has 1 saturated heterocycles. The summed E-state index contributed by atoms with van der Waals surface area (Å²) in [6.45, 7) is 14.3. The van der Waals surface area contributed by atoms with Crippen LogP contribution in [0.4, 0.5) is 0 Å². The first-order valence-electron chi connectivity index (χ1n) is 10.4. The van der Waals surface area contributed by atoms with Crippen molar-refractivity contribution in [3.63, 3.8) is 0 Å². The van der Waals surface area contributed by atoms with E-state index >= 15 is 0 Å². The van der Waals surface area contributed by atoms with E-state index in [9.17, 15) is 4.79 Å². The minimum Gasteiger partial charge on any atom is -0.360 e. The largest absolute Gasteiger partial charge is 0.360 e. The highest BCUT2D eigenvalue weighted by atomic mass is 16.5. The second-order valence-electron chi connectivity index (χ2n) is 8.80. The van der Waals surface area contributed by atoms with E-state index in [1.807, 2.05) is 13.8 Å². The fourth-order valence-electron chi connectivity index (χ4n) is 4.27. The number of piperidine rings is 1. The van der Waals surface area contributed by atoms with Gasteiger partial charge in [-0.25, -0.2) is 0 Å². The number of rotatable bonds is 6. The predicted octanol–water partition coefficient (Wildman–Crippen LogP) is 4.51. The van der Waals surface area contributed by atoms with E-state index in [2.05, 4.69) is 53.5 Å². The van der Waals surface area contributed by atoms with Gasteiger partial charge in [-0.2, -0.15) is 0 Å². The van der Waals surface area contributed by atoms with Gasteiger partial charge in [0.1, 0.15) is 5.56 Å². The van der Waals surface area contributed by atoms with Gasteiger partial charge in [0.2, 0.25) is 0 Å². The summed E-state index contributed by atoms with van der Waals surface area (Å²) in [6, 6.07) is 8.57. The Bertz CT molecular complexity index is 785. The molecule has 0 bridgehead atoms. The van der Waals surface area contributed by atoms with E-state index < -0.39 is 0 Å². The van der Waals surface area contributed by atoms with Crippen LogP contribution in [-0.4, -0.2) is 29.1 Å². The Morgan fingerprint density at radius 2 is 1.79 bits per heavy atom. The molecule has 0 spiro atoms. The number of amides is 1. The molecule has 2 heterocycles. The van der Waals surface area contributed by atoms with Crippen LogP contribution in [0.3, 0.4) is 0 Å². The monoisotopic (exact) mass is 383 g/mol. The Morgan fingerprint density at radius 1 is 1.18 bits per heavy atom. The summed E-state index contributed by atoms with van der Waals surface area (Å²) >= 11 is 0. The molecule has 1 amide bonds. The Hall–Kier alpha value is -2.14. The summed E-state index contributed by atoms with van der Waals surface area (Å²) in [5.74, 6) is 2.20. The van der Waals surface area contributed by atoms with Crippen LogP contribution in [0, 0.1) is 18.8 Å². The van der Waals surface area contributed by atoms with Gasteiger partial charge in [-0.3, -0.25) is 9.69 Å². The van der Waals surface area contributed by atoms with Crippen molar-refractivity contribution in [2.45, 2.75) is 60.0 Å². The van der Waals surface area contributed by atoms with Crippen LogP contribution < -0.4 is 5.32 Å². The summed E-state index contributed by atoms with van der Waals surface area (Å²) in [6.07, 6.45) is 1.33. The molecule has 1 aliphatic heterocycles. The summed E-state index contributed by atoms with van der Waals surface area (Å²) in [4.78, 5) is 15.2. The quantitative estimate of drug-likeness (QED) is 0.797. The third-order valence-electron chi connectivity index (χ3n) is 5.47.